The van der Waals surface area contributed by atoms with Gasteiger partial charge in [0, 0.05) is 17.0 Å². The zero-order valence-corrected chi connectivity index (χ0v) is 16.5. The molecule has 0 amide bonds. The molecule has 1 aromatic rings. The topological polar surface area (TPSA) is 12.0 Å². The van der Waals surface area contributed by atoms with Crippen LogP contribution in [0.3, 0.4) is 0 Å². The van der Waals surface area contributed by atoms with Crippen molar-refractivity contribution >= 4 is 28.7 Å². The van der Waals surface area contributed by atoms with Crippen LogP contribution in [0.4, 0.5) is 0 Å². The highest BCUT2D eigenvalue weighted by atomic mass is 31.0. The number of nitrogens with one attached hydrogen (secondary N) is 1. The van der Waals surface area contributed by atoms with Crippen LogP contribution in [-0.2, 0) is 0 Å². The summed E-state index contributed by atoms with van der Waals surface area (Å²) in [5.41, 5.74) is 3.50. The smallest absolute Gasteiger partial charge is 0.0389 e. The molecule has 0 aliphatic heterocycles. The number of allylic oxidation sites excluding steroid dienone is 1. The lowest BCUT2D eigenvalue weighted by Crippen LogP contribution is -2.32. The van der Waals surface area contributed by atoms with Crippen LogP contribution in [0.5, 0.6) is 0 Å². The molecule has 1 N–H and O–H groups in total. The van der Waals surface area contributed by atoms with Gasteiger partial charge < -0.3 is 5.32 Å². The van der Waals surface area contributed by atoms with Crippen molar-refractivity contribution < 1.29 is 0 Å². The van der Waals surface area contributed by atoms with Gasteiger partial charge in [-0.25, -0.2) is 0 Å². The molecule has 1 aliphatic carbocycles. The molecular formula is C19H31NP2. The number of hydrogen-bond donors (Lipinski definition) is 1. The number of benzene rings is 1. The summed E-state index contributed by atoms with van der Waals surface area (Å²) in [7, 11) is 6.55. The Morgan fingerprint density at radius 3 is 2.45 bits per heavy atom. The van der Waals surface area contributed by atoms with Crippen molar-refractivity contribution in [1.29, 1.82) is 0 Å². The Labute approximate surface area is 141 Å². The first-order valence-corrected chi connectivity index (χ1v) is 9.48. The first kappa shape index (κ1) is 19.4. The second-order valence-electron chi connectivity index (χ2n) is 6.06. The molecule has 1 unspecified atom stereocenters. The van der Waals surface area contributed by atoms with E-state index in [-0.39, 0.29) is 0 Å². The zero-order valence-electron chi connectivity index (χ0n) is 14.3. The molecule has 1 aromatic carbocycles. The van der Waals surface area contributed by atoms with Crippen LogP contribution >= 0.6 is 18.1 Å². The van der Waals surface area contributed by atoms with Gasteiger partial charge in [-0.2, -0.15) is 0 Å². The van der Waals surface area contributed by atoms with Crippen molar-refractivity contribution in [1.82, 2.24) is 5.32 Å². The van der Waals surface area contributed by atoms with Crippen molar-refractivity contribution in [3.63, 3.8) is 0 Å². The van der Waals surface area contributed by atoms with E-state index in [9.17, 15) is 0 Å². The molecule has 0 aromatic heterocycles. The molecule has 1 aliphatic rings. The Morgan fingerprint density at radius 1 is 1.27 bits per heavy atom. The summed E-state index contributed by atoms with van der Waals surface area (Å²) in [5, 5.41) is 5.89. The summed E-state index contributed by atoms with van der Waals surface area (Å²) in [5.74, 6) is 0. The summed E-state index contributed by atoms with van der Waals surface area (Å²) in [6, 6.07) is 6.92. The third-order valence-electron chi connectivity index (χ3n) is 3.93. The Morgan fingerprint density at radius 2 is 1.86 bits per heavy atom. The van der Waals surface area contributed by atoms with E-state index in [2.05, 4.69) is 69.0 Å². The average Bonchev–Trinajstić information content (AvgIpc) is 2.51. The normalized spacial score (nSPS) is 14.7. The summed E-state index contributed by atoms with van der Waals surface area (Å²) >= 11 is 0. The first-order valence-electron chi connectivity index (χ1n) is 8.41. The molecule has 0 spiro atoms. The van der Waals surface area contributed by atoms with Crippen LogP contribution in [0.15, 0.2) is 30.5 Å². The highest BCUT2D eigenvalue weighted by Crippen LogP contribution is 2.20. The van der Waals surface area contributed by atoms with E-state index in [1.54, 1.807) is 0 Å². The fourth-order valence-electron chi connectivity index (χ4n) is 2.65. The van der Waals surface area contributed by atoms with Crippen molar-refractivity contribution in [3.05, 3.63) is 41.6 Å². The van der Waals surface area contributed by atoms with Crippen molar-refractivity contribution in [2.75, 3.05) is 0 Å². The highest BCUT2D eigenvalue weighted by molar-refractivity contribution is 7.27. The van der Waals surface area contributed by atoms with Gasteiger partial charge in [0.05, 0.1) is 0 Å². The Hall–Kier alpha value is -0.640. The largest absolute Gasteiger partial charge is 0.382 e. The molecule has 1 nitrogen and oxygen atoms in total. The monoisotopic (exact) mass is 335 g/mol. The summed E-state index contributed by atoms with van der Waals surface area (Å²) in [4.78, 5) is 0. The lowest BCUT2D eigenvalue weighted by molar-refractivity contribution is 0.401. The van der Waals surface area contributed by atoms with Gasteiger partial charge in [0.1, 0.15) is 0 Å². The molecule has 0 saturated heterocycles. The van der Waals surface area contributed by atoms with Crippen molar-refractivity contribution in [2.24, 2.45) is 0 Å². The number of rotatable bonds is 4. The lowest BCUT2D eigenvalue weighted by atomic mass is 9.95. The van der Waals surface area contributed by atoms with Crippen LogP contribution in [0, 0.1) is 6.92 Å². The van der Waals surface area contributed by atoms with E-state index in [1.165, 1.54) is 55.0 Å². The number of hydrogen-bond acceptors (Lipinski definition) is 1. The Bertz CT molecular complexity index is 502. The second-order valence-corrected chi connectivity index (χ2v) is 7.18. The van der Waals surface area contributed by atoms with Gasteiger partial charge >= 0.3 is 0 Å². The minimum absolute atomic E-state index is 0.590. The molecule has 3 heteroatoms. The van der Waals surface area contributed by atoms with E-state index >= 15 is 0 Å². The predicted molar refractivity (Wildman–Crippen MR) is 108 cm³/mol. The summed E-state index contributed by atoms with van der Waals surface area (Å²) < 4.78 is 0. The molecule has 0 heterocycles. The summed E-state index contributed by atoms with van der Waals surface area (Å²) in [6.45, 7) is 10.6. The van der Waals surface area contributed by atoms with Crippen LogP contribution in [0.2, 0.25) is 0 Å². The standard InChI is InChI=1S/C16H23NP2.C3H8/c1-11-14(9-6-10-15(11)18)16(19)12(2)17-13-7-4-3-5-8-13;1-3-2/h6,9-10,13,17,19H,2-5,7-8,18H2,1H3;3H2,1-2H3. The molecule has 0 radical (unpaired) electrons. The van der Waals surface area contributed by atoms with Gasteiger partial charge in [0.25, 0.3) is 0 Å². The fraction of sp³-hybridized carbons (Fsp3) is 0.526. The van der Waals surface area contributed by atoms with Gasteiger partial charge in [-0.15, -0.1) is 18.1 Å². The van der Waals surface area contributed by atoms with E-state index in [0.29, 0.717) is 6.04 Å². The van der Waals surface area contributed by atoms with E-state index < -0.39 is 0 Å². The second kappa shape index (κ2) is 10.2. The van der Waals surface area contributed by atoms with Crippen molar-refractivity contribution in [2.45, 2.75) is 65.3 Å². The molecule has 1 fully saturated rings. The Balaban J connectivity index is 0.000000745. The zero-order chi connectivity index (χ0) is 16.5. The van der Waals surface area contributed by atoms with E-state index in [4.69, 9.17) is 0 Å². The SMILES string of the molecule is C=C(NC1CCCCC1)C(=P)c1cccc(P)c1C.CCC. The summed E-state index contributed by atoms with van der Waals surface area (Å²) in [6.07, 6.45) is 7.83. The average molecular weight is 335 g/mol. The first-order chi connectivity index (χ1) is 10.5. The predicted octanol–water partition coefficient (Wildman–Crippen LogP) is 5.01. The van der Waals surface area contributed by atoms with Crippen LogP contribution < -0.4 is 10.6 Å². The Kier molecular flexibility index (Phi) is 8.99. The van der Waals surface area contributed by atoms with Crippen LogP contribution in [0.1, 0.15) is 63.5 Å². The van der Waals surface area contributed by atoms with E-state index in [1.807, 2.05) is 0 Å². The quantitative estimate of drug-likeness (QED) is 0.763. The van der Waals surface area contributed by atoms with Crippen LogP contribution in [0.25, 0.3) is 0 Å². The fourth-order valence-corrected chi connectivity index (χ4v) is 3.26. The van der Waals surface area contributed by atoms with Gasteiger partial charge in [-0.05, 0) is 36.2 Å². The lowest BCUT2D eigenvalue weighted by Gasteiger charge is -2.26. The third-order valence-corrected chi connectivity index (χ3v) is 5.13. The van der Waals surface area contributed by atoms with Gasteiger partial charge in [-0.3, -0.25) is 0 Å². The van der Waals surface area contributed by atoms with Crippen molar-refractivity contribution in [3.8, 4) is 0 Å². The molecule has 122 valence electrons. The molecule has 1 saturated carbocycles. The van der Waals surface area contributed by atoms with Gasteiger partial charge in [0.15, 0.2) is 0 Å². The molecule has 2 rings (SSSR count). The maximum absolute atomic E-state index is 4.19. The third kappa shape index (κ3) is 5.86. The van der Waals surface area contributed by atoms with Gasteiger partial charge in [0.2, 0.25) is 0 Å². The minimum atomic E-state index is 0.590. The molecule has 22 heavy (non-hydrogen) atoms. The maximum atomic E-state index is 4.19. The van der Waals surface area contributed by atoms with E-state index in [0.717, 1.165) is 11.0 Å². The highest BCUT2D eigenvalue weighted by Gasteiger charge is 2.15. The van der Waals surface area contributed by atoms with Gasteiger partial charge in [-0.1, -0.05) is 64.3 Å². The molecular weight excluding hydrogens is 304 g/mol. The minimum Gasteiger partial charge on any atom is -0.382 e. The molecule has 0 bridgehead atoms. The molecule has 1 atom stereocenters. The van der Waals surface area contributed by atoms with Crippen LogP contribution in [-0.4, -0.2) is 11.3 Å². The maximum Gasteiger partial charge on any atom is 0.0389 e.